The fraction of sp³-hybridized carbons (Fsp3) is 0.0833. The molecule has 6 heteroatoms. The molecule has 1 heterocycles. The van der Waals surface area contributed by atoms with Crippen LogP contribution in [0.25, 0.3) is 0 Å². The van der Waals surface area contributed by atoms with Crippen molar-refractivity contribution >= 4 is 5.97 Å². The van der Waals surface area contributed by atoms with Crippen molar-refractivity contribution in [3.63, 3.8) is 0 Å². The Balaban J connectivity index is 2.26. The Labute approximate surface area is 102 Å². The summed E-state index contributed by atoms with van der Waals surface area (Å²) in [5, 5.41) is 14.8. The van der Waals surface area contributed by atoms with Gasteiger partial charge in [0.25, 0.3) is 0 Å². The standard InChI is InChI=1S/C12H10N2O4/c1-7-6-10(11(15)14-13-7)18-9-4-2-8(3-5-9)12(16)17/h2-6H,1H3,(H,14,15)(H,16,17). The molecule has 0 saturated heterocycles. The molecule has 0 aliphatic heterocycles. The Kier molecular flexibility index (Phi) is 3.09. The molecular formula is C12H10N2O4. The average molecular weight is 246 g/mol. The number of benzene rings is 1. The average Bonchev–Trinajstić information content (AvgIpc) is 2.34. The van der Waals surface area contributed by atoms with E-state index in [-0.39, 0.29) is 11.3 Å². The van der Waals surface area contributed by atoms with Gasteiger partial charge in [-0.2, -0.15) is 5.10 Å². The van der Waals surface area contributed by atoms with E-state index in [4.69, 9.17) is 9.84 Å². The van der Waals surface area contributed by atoms with Crippen LogP contribution >= 0.6 is 0 Å². The van der Waals surface area contributed by atoms with E-state index in [9.17, 15) is 9.59 Å². The predicted molar refractivity (Wildman–Crippen MR) is 63.1 cm³/mol. The molecule has 0 atom stereocenters. The van der Waals surface area contributed by atoms with E-state index in [1.165, 1.54) is 30.3 Å². The third-order valence-corrected chi connectivity index (χ3v) is 2.23. The van der Waals surface area contributed by atoms with Crippen molar-refractivity contribution in [1.29, 1.82) is 0 Å². The first kappa shape index (κ1) is 11.8. The Bertz CT molecular complexity index is 631. The molecule has 2 N–H and O–H groups in total. The second-order valence-electron chi connectivity index (χ2n) is 3.63. The summed E-state index contributed by atoms with van der Waals surface area (Å²) in [5.74, 6) is -0.513. The van der Waals surface area contributed by atoms with Crippen LogP contribution in [0.5, 0.6) is 11.5 Å². The molecule has 0 aliphatic rings. The van der Waals surface area contributed by atoms with Crippen LogP contribution in [0.3, 0.4) is 0 Å². The Hall–Kier alpha value is -2.63. The highest BCUT2D eigenvalue weighted by molar-refractivity contribution is 5.87. The third-order valence-electron chi connectivity index (χ3n) is 2.23. The normalized spacial score (nSPS) is 10.1. The zero-order chi connectivity index (χ0) is 13.1. The molecule has 1 aromatic heterocycles. The quantitative estimate of drug-likeness (QED) is 0.857. The molecule has 0 fully saturated rings. The maximum atomic E-state index is 11.4. The molecule has 18 heavy (non-hydrogen) atoms. The number of carboxylic acid groups (broad SMARTS) is 1. The molecule has 0 aliphatic carbocycles. The lowest BCUT2D eigenvalue weighted by atomic mass is 10.2. The number of aromatic carboxylic acids is 1. The molecule has 0 saturated carbocycles. The van der Waals surface area contributed by atoms with Crippen molar-refractivity contribution in [2.24, 2.45) is 0 Å². The number of H-pyrrole nitrogens is 1. The maximum Gasteiger partial charge on any atom is 0.335 e. The van der Waals surface area contributed by atoms with Crippen LogP contribution < -0.4 is 10.3 Å². The van der Waals surface area contributed by atoms with E-state index in [0.29, 0.717) is 11.4 Å². The highest BCUT2D eigenvalue weighted by Gasteiger charge is 2.06. The predicted octanol–water partition coefficient (Wildman–Crippen LogP) is 1.57. The van der Waals surface area contributed by atoms with Crippen LogP contribution in [0.4, 0.5) is 0 Å². The zero-order valence-electron chi connectivity index (χ0n) is 9.51. The van der Waals surface area contributed by atoms with E-state index in [1.54, 1.807) is 6.92 Å². The van der Waals surface area contributed by atoms with Crippen molar-refractivity contribution in [2.75, 3.05) is 0 Å². The van der Waals surface area contributed by atoms with Gasteiger partial charge in [0, 0.05) is 6.07 Å². The molecule has 0 bridgehead atoms. The molecule has 1 aromatic carbocycles. The molecule has 6 nitrogen and oxygen atoms in total. The maximum absolute atomic E-state index is 11.4. The number of hydrogen-bond donors (Lipinski definition) is 2. The van der Waals surface area contributed by atoms with Gasteiger partial charge in [0.05, 0.1) is 11.3 Å². The monoisotopic (exact) mass is 246 g/mol. The molecule has 0 radical (unpaired) electrons. The number of ether oxygens (including phenoxy) is 1. The van der Waals surface area contributed by atoms with Crippen LogP contribution in [-0.4, -0.2) is 21.3 Å². The summed E-state index contributed by atoms with van der Waals surface area (Å²) < 4.78 is 5.35. The third kappa shape index (κ3) is 2.54. The van der Waals surface area contributed by atoms with E-state index >= 15 is 0 Å². The Morgan fingerprint density at radius 3 is 2.61 bits per heavy atom. The molecule has 0 unspecified atom stereocenters. The molecule has 2 rings (SSSR count). The minimum atomic E-state index is -1.01. The first-order valence-corrected chi connectivity index (χ1v) is 5.14. The van der Waals surface area contributed by atoms with Crippen LogP contribution in [0.1, 0.15) is 16.1 Å². The first-order valence-electron chi connectivity index (χ1n) is 5.14. The van der Waals surface area contributed by atoms with E-state index in [2.05, 4.69) is 10.2 Å². The highest BCUT2D eigenvalue weighted by atomic mass is 16.5. The van der Waals surface area contributed by atoms with Gasteiger partial charge in [-0.1, -0.05) is 0 Å². The van der Waals surface area contributed by atoms with Gasteiger partial charge in [0.2, 0.25) is 0 Å². The lowest BCUT2D eigenvalue weighted by Gasteiger charge is -2.05. The number of hydrogen-bond acceptors (Lipinski definition) is 4. The van der Waals surface area contributed by atoms with Crippen molar-refractivity contribution in [3.05, 3.63) is 51.9 Å². The van der Waals surface area contributed by atoms with Crippen molar-refractivity contribution in [2.45, 2.75) is 6.92 Å². The lowest BCUT2D eigenvalue weighted by molar-refractivity contribution is 0.0697. The molecular weight excluding hydrogens is 236 g/mol. The Morgan fingerprint density at radius 2 is 2.00 bits per heavy atom. The fourth-order valence-corrected chi connectivity index (χ4v) is 1.35. The van der Waals surface area contributed by atoms with Gasteiger partial charge in [0.15, 0.2) is 5.75 Å². The van der Waals surface area contributed by atoms with E-state index < -0.39 is 11.5 Å². The summed E-state index contributed by atoms with van der Waals surface area (Å²) in [4.78, 5) is 22.1. The van der Waals surface area contributed by atoms with Crippen LogP contribution in [0.15, 0.2) is 35.1 Å². The second kappa shape index (κ2) is 4.70. The molecule has 0 amide bonds. The van der Waals surface area contributed by atoms with Gasteiger partial charge in [-0.3, -0.25) is 4.79 Å². The van der Waals surface area contributed by atoms with Crippen LogP contribution in [-0.2, 0) is 0 Å². The summed E-state index contributed by atoms with van der Waals surface area (Å²) in [6.45, 7) is 1.72. The van der Waals surface area contributed by atoms with Crippen molar-refractivity contribution < 1.29 is 14.6 Å². The van der Waals surface area contributed by atoms with Crippen molar-refractivity contribution in [1.82, 2.24) is 10.2 Å². The van der Waals surface area contributed by atoms with Gasteiger partial charge < -0.3 is 9.84 Å². The van der Waals surface area contributed by atoms with E-state index in [1.807, 2.05) is 0 Å². The second-order valence-corrected chi connectivity index (χ2v) is 3.63. The minimum Gasteiger partial charge on any atom is -0.478 e. The number of aryl methyl sites for hydroxylation is 1. The topological polar surface area (TPSA) is 92.3 Å². The number of nitrogens with one attached hydrogen (secondary N) is 1. The summed E-state index contributed by atoms with van der Waals surface area (Å²) >= 11 is 0. The summed E-state index contributed by atoms with van der Waals surface area (Å²) in [6, 6.07) is 7.28. The zero-order valence-corrected chi connectivity index (χ0v) is 9.51. The van der Waals surface area contributed by atoms with E-state index in [0.717, 1.165) is 0 Å². The Morgan fingerprint density at radius 1 is 1.33 bits per heavy atom. The lowest BCUT2D eigenvalue weighted by Crippen LogP contribution is -2.11. The number of rotatable bonds is 3. The first-order chi connectivity index (χ1) is 8.56. The minimum absolute atomic E-state index is 0.116. The van der Waals surface area contributed by atoms with Gasteiger partial charge >= 0.3 is 11.5 Å². The van der Waals surface area contributed by atoms with Crippen LogP contribution in [0, 0.1) is 6.92 Å². The molecule has 0 spiro atoms. The fourth-order valence-electron chi connectivity index (χ4n) is 1.35. The number of aromatic amines is 1. The summed E-state index contributed by atoms with van der Waals surface area (Å²) in [5.41, 5.74) is 0.330. The SMILES string of the molecule is Cc1cc(Oc2ccc(C(=O)O)cc2)c(=O)[nH]n1. The van der Waals surface area contributed by atoms with Gasteiger partial charge in [-0.15, -0.1) is 0 Å². The number of carbonyl (C=O) groups is 1. The number of nitrogens with zero attached hydrogens (tertiary/aromatic N) is 1. The van der Waals surface area contributed by atoms with Gasteiger partial charge in [0.1, 0.15) is 5.75 Å². The molecule has 2 aromatic rings. The van der Waals surface area contributed by atoms with Crippen LogP contribution in [0.2, 0.25) is 0 Å². The number of carboxylic acids is 1. The largest absolute Gasteiger partial charge is 0.478 e. The smallest absolute Gasteiger partial charge is 0.335 e. The highest BCUT2D eigenvalue weighted by Crippen LogP contribution is 2.18. The van der Waals surface area contributed by atoms with Gasteiger partial charge in [-0.05, 0) is 31.2 Å². The van der Waals surface area contributed by atoms with Gasteiger partial charge in [-0.25, -0.2) is 9.89 Å². The van der Waals surface area contributed by atoms with Crippen molar-refractivity contribution in [3.8, 4) is 11.5 Å². The number of aromatic nitrogens is 2. The summed E-state index contributed by atoms with van der Waals surface area (Å²) in [6.07, 6.45) is 0. The summed E-state index contributed by atoms with van der Waals surface area (Å²) in [7, 11) is 0. The molecule has 92 valence electrons.